The third kappa shape index (κ3) is 2.54. The Morgan fingerprint density at radius 2 is 2.06 bits per heavy atom. The number of nitrogens with zero attached hydrogens (tertiary/aromatic N) is 2. The van der Waals surface area contributed by atoms with Gasteiger partial charge in [0.05, 0.1) is 11.6 Å². The molecule has 0 aliphatic carbocycles. The maximum Gasteiger partial charge on any atom is 0.172 e. The molecule has 18 heavy (non-hydrogen) atoms. The van der Waals surface area contributed by atoms with Gasteiger partial charge >= 0.3 is 0 Å². The van der Waals surface area contributed by atoms with Crippen LogP contribution in [0.1, 0.15) is 44.5 Å². The fourth-order valence-electron chi connectivity index (χ4n) is 1.62. The van der Waals surface area contributed by atoms with Gasteiger partial charge in [0, 0.05) is 18.0 Å². The van der Waals surface area contributed by atoms with Crippen molar-refractivity contribution in [2.75, 3.05) is 0 Å². The molecular weight excluding hydrogens is 248 g/mol. The van der Waals surface area contributed by atoms with E-state index in [2.05, 4.69) is 11.1 Å². The van der Waals surface area contributed by atoms with E-state index in [4.69, 9.17) is 16.9 Å². The van der Waals surface area contributed by atoms with Crippen molar-refractivity contribution in [3.05, 3.63) is 29.0 Å². The lowest BCUT2D eigenvalue weighted by atomic mass is 9.63. The second-order valence-electron chi connectivity index (χ2n) is 5.51. The molecule has 0 spiro atoms. The molecule has 0 atom stereocenters. The number of halogens is 1. The van der Waals surface area contributed by atoms with E-state index in [1.807, 2.05) is 27.7 Å². The van der Waals surface area contributed by atoms with E-state index in [0.717, 1.165) is 0 Å². The number of Topliss-reactive ketones (excluding diaryl/α,β-unsaturated/α-hetero) is 1. The fourth-order valence-corrected chi connectivity index (χ4v) is 1.82. The Kier molecular flexibility index (Phi) is 4.13. The minimum atomic E-state index is -0.685. The zero-order chi connectivity index (χ0) is 14.0. The Hall–Kier alpha value is -1.40. The van der Waals surface area contributed by atoms with E-state index in [1.165, 1.54) is 0 Å². The highest BCUT2D eigenvalue weighted by Gasteiger charge is 2.43. The first-order valence-corrected chi connectivity index (χ1v) is 6.14. The molecule has 0 saturated carbocycles. The highest BCUT2D eigenvalue weighted by atomic mass is 35.5. The summed E-state index contributed by atoms with van der Waals surface area (Å²) in [5.41, 5.74) is -0.705. The van der Waals surface area contributed by atoms with Gasteiger partial charge in [-0.1, -0.05) is 39.3 Å². The highest BCUT2D eigenvalue weighted by molar-refractivity contribution is 6.33. The van der Waals surface area contributed by atoms with E-state index in [0.29, 0.717) is 12.0 Å². The number of pyridine rings is 1. The van der Waals surface area contributed by atoms with Crippen LogP contribution in [0.15, 0.2) is 18.3 Å². The summed E-state index contributed by atoms with van der Waals surface area (Å²) in [7, 11) is 0. The lowest BCUT2D eigenvalue weighted by Gasteiger charge is -2.38. The number of rotatable bonds is 4. The zero-order valence-electron chi connectivity index (χ0n) is 11.1. The molecule has 1 aromatic rings. The first-order valence-electron chi connectivity index (χ1n) is 5.76. The summed E-state index contributed by atoms with van der Waals surface area (Å²) in [6.45, 7) is 7.52. The second kappa shape index (κ2) is 5.07. The van der Waals surface area contributed by atoms with E-state index in [1.54, 1.807) is 18.3 Å². The van der Waals surface area contributed by atoms with Crippen molar-refractivity contribution in [1.29, 1.82) is 5.26 Å². The maximum atomic E-state index is 12.6. The molecule has 96 valence electrons. The average Bonchev–Trinajstić information content (AvgIpc) is 2.28. The average molecular weight is 265 g/mol. The summed E-state index contributed by atoms with van der Waals surface area (Å²) in [5.74, 6) is -0.0825. The van der Waals surface area contributed by atoms with Crippen LogP contribution in [0.25, 0.3) is 0 Å². The molecule has 0 bridgehead atoms. The van der Waals surface area contributed by atoms with Crippen molar-refractivity contribution in [1.82, 2.24) is 4.98 Å². The van der Waals surface area contributed by atoms with E-state index in [-0.39, 0.29) is 10.9 Å². The third-order valence-corrected chi connectivity index (χ3v) is 4.09. The lowest BCUT2D eigenvalue weighted by molar-refractivity contribution is 0.0589. The Balaban J connectivity index is 3.18. The number of nitriles is 1. The van der Waals surface area contributed by atoms with Crippen molar-refractivity contribution >= 4 is 17.4 Å². The van der Waals surface area contributed by atoms with Crippen LogP contribution in [0, 0.1) is 22.2 Å². The number of hydrogen-bond acceptors (Lipinski definition) is 3. The van der Waals surface area contributed by atoms with Crippen molar-refractivity contribution in [2.24, 2.45) is 10.8 Å². The molecular formula is C14H17ClN2O. The van der Waals surface area contributed by atoms with Gasteiger partial charge in [-0.05, 0) is 17.5 Å². The van der Waals surface area contributed by atoms with Gasteiger partial charge in [-0.3, -0.25) is 4.79 Å². The topological polar surface area (TPSA) is 53.8 Å². The molecule has 0 radical (unpaired) electrons. The third-order valence-electron chi connectivity index (χ3n) is 3.78. The van der Waals surface area contributed by atoms with Crippen LogP contribution in [0.3, 0.4) is 0 Å². The monoisotopic (exact) mass is 264 g/mol. The van der Waals surface area contributed by atoms with Crippen LogP contribution >= 0.6 is 11.6 Å². The molecule has 0 N–H and O–H groups in total. The Labute approximate surface area is 113 Å². The number of carbonyl (C=O) groups excluding carboxylic acids is 1. The van der Waals surface area contributed by atoms with Gasteiger partial charge in [0.1, 0.15) is 5.15 Å². The van der Waals surface area contributed by atoms with Gasteiger partial charge < -0.3 is 0 Å². The predicted molar refractivity (Wildman–Crippen MR) is 71.4 cm³/mol. The number of aromatic nitrogens is 1. The minimum Gasteiger partial charge on any atom is -0.293 e. The normalized spacial score (nSPS) is 12.0. The summed E-state index contributed by atoms with van der Waals surface area (Å²) in [6, 6.07) is 5.49. The van der Waals surface area contributed by atoms with Gasteiger partial charge in [0.15, 0.2) is 5.78 Å². The molecule has 0 unspecified atom stereocenters. The van der Waals surface area contributed by atoms with Crippen molar-refractivity contribution in [3.8, 4) is 6.07 Å². The molecule has 1 heterocycles. The Bertz CT molecular complexity index is 501. The predicted octanol–water partition coefficient (Wildman–Crippen LogP) is 3.88. The molecule has 3 nitrogen and oxygen atoms in total. The standard InChI is InChI=1S/C14H17ClN2O/c1-13(2,7-8-16)14(3,4)11(18)10-6-5-9-17-12(10)15/h5-6,9H,7H2,1-4H3. The number of carbonyl (C=O) groups is 1. The Morgan fingerprint density at radius 3 is 2.56 bits per heavy atom. The van der Waals surface area contributed by atoms with E-state index < -0.39 is 10.8 Å². The Morgan fingerprint density at radius 1 is 1.44 bits per heavy atom. The van der Waals surface area contributed by atoms with Crippen LogP contribution in [0.2, 0.25) is 5.15 Å². The maximum absolute atomic E-state index is 12.6. The van der Waals surface area contributed by atoms with Gasteiger partial charge in [-0.25, -0.2) is 4.98 Å². The van der Waals surface area contributed by atoms with Crippen LogP contribution in [0.4, 0.5) is 0 Å². The molecule has 0 saturated heterocycles. The van der Waals surface area contributed by atoms with Crippen molar-refractivity contribution < 1.29 is 4.79 Å². The van der Waals surface area contributed by atoms with Crippen LogP contribution < -0.4 is 0 Å². The van der Waals surface area contributed by atoms with E-state index in [9.17, 15) is 4.79 Å². The van der Waals surface area contributed by atoms with Gasteiger partial charge in [-0.15, -0.1) is 0 Å². The summed E-state index contributed by atoms with van der Waals surface area (Å²) < 4.78 is 0. The summed E-state index contributed by atoms with van der Waals surface area (Å²) >= 11 is 5.96. The van der Waals surface area contributed by atoms with E-state index >= 15 is 0 Å². The summed E-state index contributed by atoms with van der Waals surface area (Å²) in [4.78, 5) is 16.5. The van der Waals surface area contributed by atoms with Crippen LogP contribution in [-0.2, 0) is 0 Å². The first kappa shape index (κ1) is 14.7. The molecule has 1 rings (SSSR count). The molecule has 1 aromatic heterocycles. The van der Waals surface area contributed by atoms with Crippen molar-refractivity contribution in [3.63, 3.8) is 0 Å². The molecule has 0 aromatic carbocycles. The largest absolute Gasteiger partial charge is 0.293 e. The molecule has 0 amide bonds. The SMILES string of the molecule is CC(C)(CC#N)C(C)(C)C(=O)c1cccnc1Cl. The lowest BCUT2D eigenvalue weighted by Crippen LogP contribution is -2.39. The number of hydrogen-bond donors (Lipinski definition) is 0. The zero-order valence-corrected chi connectivity index (χ0v) is 11.9. The highest BCUT2D eigenvalue weighted by Crippen LogP contribution is 2.44. The van der Waals surface area contributed by atoms with Crippen LogP contribution in [-0.4, -0.2) is 10.8 Å². The van der Waals surface area contributed by atoms with Gasteiger partial charge in [0.25, 0.3) is 0 Å². The fraction of sp³-hybridized carbons (Fsp3) is 0.500. The first-order chi connectivity index (χ1) is 8.24. The van der Waals surface area contributed by atoms with Gasteiger partial charge in [0.2, 0.25) is 0 Å². The molecule has 4 heteroatoms. The summed E-state index contributed by atoms with van der Waals surface area (Å²) in [6.07, 6.45) is 1.86. The van der Waals surface area contributed by atoms with Crippen LogP contribution in [0.5, 0.6) is 0 Å². The molecule has 0 fully saturated rings. The summed E-state index contributed by atoms with van der Waals surface area (Å²) in [5, 5.41) is 9.08. The minimum absolute atomic E-state index is 0.0825. The molecule has 0 aliphatic rings. The smallest absolute Gasteiger partial charge is 0.172 e. The molecule has 0 aliphatic heterocycles. The second-order valence-corrected chi connectivity index (χ2v) is 5.87. The quantitative estimate of drug-likeness (QED) is 0.612. The van der Waals surface area contributed by atoms with Crippen molar-refractivity contribution in [2.45, 2.75) is 34.1 Å². The number of ketones is 1. The van der Waals surface area contributed by atoms with Gasteiger partial charge in [-0.2, -0.15) is 5.26 Å².